The van der Waals surface area contributed by atoms with Gasteiger partial charge in [-0.1, -0.05) is 0 Å². The Balaban J connectivity index is 1.95. The largest absolute Gasteiger partial charge is 0.494 e. The van der Waals surface area contributed by atoms with Gasteiger partial charge in [-0.2, -0.15) is 5.26 Å². The fourth-order valence-electron chi connectivity index (χ4n) is 3.76. The summed E-state index contributed by atoms with van der Waals surface area (Å²) in [5.41, 5.74) is 4.39. The summed E-state index contributed by atoms with van der Waals surface area (Å²) < 4.78 is 12.7. The first kappa shape index (κ1) is 25.8. The van der Waals surface area contributed by atoms with E-state index >= 15 is 0 Å². The molecule has 0 aliphatic carbocycles. The summed E-state index contributed by atoms with van der Waals surface area (Å²) in [6, 6.07) is 10.9. The normalized spacial score (nSPS) is 11.2. The number of anilines is 1. The van der Waals surface area contributed by atoms with Crippen LogP contribution in [0.25, 0.3) is 11.1 Å². The predicted octanol–water partition coefficient (Wildman–Crippen LogP) is 5.89. The van der Waals surface area contributed by atoms with Crippen molar-refractivity contribution in [1.82, 2.24) is 4.57 Å². The topological polar surface area (TPSA) is 93.4 Å². The van der Waals surface area contributed by atoms with E-state index in [9.17, 15) is 14.9 Å². The Morgan fingerprint density at radius 2 is 1.80 bits per heavy atom. The maximum atomic E-state index is 12.8. The predicted molar refractivity (Wildman–Crippen MR) is 138 cm³/mol. The highest BCUT2D eigenvalue weighted by Crippen LogP contribution is 2.35. The zero-order chi connectivity index (χ0) is 25.7. The summed E-state index contributed by atoms with van der Waals surface area (Å²) in [7, 11) is 0. The molecule has 3 aromatic rings. The lowest BCUT2D eigenvalue weighted by Crippen LogP contribution is -2.13. The number of rotatable bonds is 8. The molecule has 1 N–H and O–H groups in total. The average Bonchev–Trinajstić information content (AvgIpc) is 3.27. The molecule has 182 valence electrons. The molecule has 0 atom stereocenters. The Morgan fingerprint density at radius 3 is 2.40 bits per heavy atom. The van der Waals surface area contributed by atoms with Gasteiger partial charge in [-0.15, -0.1) is 11.3 Å². The summed E-state index contributed by atoms with van der Waals surface area (Å²) >= 11 is 1.51. The number of hydrogen-bond acceptors (Lipinski definition) is 6. The molecule has 0 saturated heterocycles. The molecular formula is C27H29N3O4S. The molecule has 0 aliphatic heterocycles. The molecule has 3 rings (SSSR count). The molecule has 0 fully saturated rings. The van der Waals surface area contributed by atoms with Crippen LogP contribution in [0.2, 0.25) is 0 Å². The van der Waals surface area contributed by atoms with Gasteiger partial charge in [-0.25, -0.2) is 4.79 Å². The van der Waals surface area contributed by atoms with Crippen molar-refractivity contribution in [1.29, 1.82) is 5.26 Å². The summed E-state index contributed by atoms with van der Waals surface area (Å²) in [6.45, 7) is 12.2. The van der Waals surface area contributed by atoms with Crippen molar-refractivity contribution in [2.24, 2.45) is 0 Å². The second-order valence-corrected chi connectivity index (χ2v) is 9.13. The van der Waals surface area contributed by atoms with Crippen LogP contribution in [0, 0.1) is 39.0 Å². The molecule has 2 aromatic heterocycles. The van der Waals surface area contributed by atoms with Crippen molar-refractivity contribution in [3.05, 3.63) is 68.9 Å². The van der Waals surface area contributed by atoms with Crippen molar-refractivity contribution < 1.29 is 19.1 Å². The number of ether oxygens (including phenoxy) is 2. The number of carbonyl (C=O) groups excluding carboxylic acids is 2. The van der Waals surface area contributed by atoms with Gasteiger partial charge in [0.25, 0.3) is 5.91 Å². The number of benzene rings is 1. The molecule has 0 aliphatic rings. The van der Waals surface area contributed by atoms with Crippen LogP contribution >= 0.6 is 11.3 Å². The summed E-state index contributed by atoms with van der Waals surface area (Å²) in [4.78, 5) is 26.5. The van der Waals surface area contributed by atoms with Gasteiger partial charge < -0.3 is 19.4 Å². The first-order chi connectivity index (χ1) is 16.7. The first-order valence-electron chi connectivity index (χ1n) is 11.3. The van der Waals surface area contributed by atoms with E-state index in [0.717, 1.165) is 32.4 Å². The number of aryl methyl sites for hydroxylation is 2. The minimum atomic E-state index is -0.503. The molecule has 1 amide bonds. The Hall–Kier alpha value is -3.83. The molecule has 0 spiro atoms. The number of nitrogens with zero attached hydrogens (tertiary/aromatic N) is 2. The molecule has 0 bridgehead atoms. The van der Waals surface area contributed by atoms with Crippen LogP contribution in [-0.2, 0) is 9.53 Å². The highest BCUT2D eigenvalue weighted by molar-refractivity contribution is 7.15. The number of nitrogens with one attached hydrogen (secondary N) is 1. The van der Waals surface area contributed by atoms with Crippen molar-refractivity contribution in [3.8, 4) is 16.8 Å². The Kier molecular flexibility index (Phi) is 8.15. The number of thiophene rings is 1. The fraction of sp³-hybridized carbons (Fsp3) is 0.296. The van der Waals surface area contributed by atoms with E-state index in [1.54, 1.807) is 37.3 Å². The van der Waals surface area contributed by atoms with Crippen molar-refractivity contribution >= 4 is 35.0 Å². The van der Waals surface area contributed by atoms with Crippen LogP contribution in [-0.4, -0.2) is 29.7 Å². The Bertz CT molecular complexity index is 1320. The van der Waals surface area contributed by atoms with Crippen molar-refractivity contribution in [2.75, 3.05) is 18.5 Å². The van der Waals surface area contributed by atoms with E-state index in [0.29, 0.717) is 30.2 Å². The van der Waals surface area contributed by atoms with E-state index in [-0.39, 0.29) is 11.5 Å². The van der Waals surface area contributed by atoms with Crippen molar-refractivity contribution in [3.63, 3.8) is 0 Å². The highest BCUT2D eigenvalue weighted by Gasteiger charge is 2.24. The third kappa shape index (κ3) is 5.47. The Labute approximate surface area is 209 Å². The van der Waals surface area contributed by atoms with Gasteiger partial charge in [-0.3, -0.25) is 4.79 Å². The van der Waals surface area contributed by atoms with Crippen LogP contribution < -0.4 is 10.1 Å². The van der Waals surface area contributed by atoms with Crippen LogP contribution in [0.15, 0.2) is 35.9 Å². The maximum Gasteiger partial charge on any atom is 0.341 e. The van der Waals surface area contributed by atoms with Crippen LogP contribution in [0.3, 0.4) is 0 Å². The van der Waals surface area contributed by atoms with Gasteiger partial charge in [0.15, 0.2) is 0 Å². The van der Waals surface area contributed by atoms with Gasteiger partial charge in [0.05, 0.1) is 18.8 Å². The van der Waals surface area contributed by atoms with Gasteiger partial charge >= 0.3 is 5.97 Å². The molecule has 8 heteroatoms. The lowest BCUT2D eigenvalue weighted by Gasteiger charge is -2.11. The van der Waals surface area contributed by atoms with Crippen molar-refractivity contribution in [2.45, 2.75) is 41.5 Å². The van der Waals surface area contributed by atoms with E-state index in [1.165, 1.54) is 11.3 Å². The third-order valence-electron chi connectivity index (χ3n) is 5.61. The summed E-state index contributed by atoms with van der Waals surface area (Å²) in [5, 5.41) is 13.2. The molecule has 7 nitrogen and oxygen atoms in total. The minimum Gasteiger partial charge on any atom is -0.494 e. The second-order valence-electron chi connectivity index (χ2n) is 7.93. The number of carbonyl (C=O) groups is 2. The van der Waals surface area contributed by atoms with Crippen LogP contribution in [0.5, 0.6) is 5.75 Å². The second kappa shape index (κ2) is 11.1. The molecule has 0 radical (unpaired) electrons. The van der Waals surface area contributed by atoms with E-state index in [2.05, 4.69) is 5.32 Å². The van der Waals surface area contributed by atoms with Gasteiger partial charge in [0.1, 0.15) is 22.4 Å². The Morgan fingerprint density at radius 1 is 1.11 bits per heavy atom. The fourth-order valence-corrected chi connectivity index (χ4v) is 5.02. The average molecular weight is 492 g/mol. The number of aromatic nitrogens is 1. The third-order valence-corrected chi connectivity index (χ3v) is 6.80. The standard InChI is InChI=1S/C27H29N3O4S/c1-7-33-23-11-9-22(10-12-23)29-25(31)21(15-28)14-20-13-16(3)30(18(20)5)26-24(27(32)34-8-2)17(4)19(6)35-26/h9-14H,7-8H2,1-6H3,(H,29,31)/b21-14-. The minimum absolute atomic E-state index is 0.0247. The van der Waals surface area contributed by atoms with E-state index in [1.807, 2.05) is 51.3 Å². The van der Waals surface area contributed by atoms with Gasteiger partial charge in [0, 0.05) is 22.0 Å². The summed E-state index contributed by atoms with van der Waals surface area (Å²) in [6.07, 6.45) is 1.57. The number of amides is 1. The molecule has 2 heterocycles. The van der Waals surface area contributed by atoms with E-state index in [4.69, 9.17) is 9.47 Å². The number of nitriles is 1. The van der Waals surface area contributed by atoms with Gasteiger partial charge in [-0.05, 0) is 89.1 Å². The first-order valence-corrected chi connectivity index (χ1v) is 12.2. The highest BCUT2D eigenvalue weighted by atomic mass is 32.1. The molecule has 0 unspecified atom stereocenters. The summed E-state index contributed by atoms with van der Waals surface area (Å²) in [5.74, 6) is -0.159. The smallest absolute Gasteiger partial charge is 0.341 e. The van der Waals surface area contributed by atoms with Gasteiger partial charge in [0.2, 0.25) is 0 Å². The molecular weight excluding hydrogens is 462 g/mol. The zero-order valence-electron chi connectivity index (χ0n) is 20.8. The molecule has 35 heavy (non-hydrogen) atoms. The quantitative estimate of drug-likeness (QED) is 0.241. The lowest BCUT2D eigenvalue weighted by molar-refractivity contribution is -0.112. The van der Waals surface area contributed by atoms with Crippen LogP contribution in [0.1, 0.15) is 51.6 Å². The van der Waals surface area contributed by atoms with Crippen LogP contribution in [0.4, 0.5) is 5.69 Å². The SMILES string of the molecule is CCOC(=O)c1c(-n2c(C)cc(/C=C(/C#N)C(=O)Nc3ccc(OCC)cc3)c2C)sc(C)c1C. The number of hydrogen-bond donors (Lipinski definition) is 1. The lowest BCUT2D eigenvalue weighted by atomic mass is 10.1. The molecule has 0 saturated carbocycles. The van der Waals surface area contributed by atoms with E-state index < -0.39 is 5.91 Å². The zero-order valence-corrected chi connectivity index (χ0v) is 21.6. The molecule has 1 aromatic carbocycles. The maximum absolute atomic E-state index is 12.8. The monoisotopic (exact) mass is 491 g/mol. The number of esters is 1.